The molecule has 0 fully saturated rings. The first-order valence-corrected chi connectivity index (χ1v) is 9.69. The lowest BCUT2D eigenvalue weighted by Gasteiger charge is -2.15. The zero-order valence-corrected chi connectivity index (χ0v) is 14.1. The molecule has 0 saturated carbocycles. The lowest BCUT2D eigenvalue weighted by molar-refractivity contribution is 0.592. The van der Waals surface area contributed by atoms with Crippen LogP contribution in [0.2, 0.25) is 0 Å². The van der Waals surface area contributed by atoms with Crippen molar-refractivity contribution in [2.45, 2.75) is 39.0 Å². The lowest BCUT2D eigenvalue weighted by atomic mass is 10.2. The van der Waals surface area contributed by atoms with Gasteiger partial charge in [0.1, 0.15) is 0 Å². The van der Waals surface area contributed by atoms with Gasteiger partial charge in [0.05, 0.1) is 2.74 Å². The number of benzene rings is 2. The van der Waals surface area contributed by atoms with Gasteiger partial charge in [-0.15, -0.1) is 0 Å². The largest absolute Gasteiger partial charge is 0.309 e. The summed E-state index contributed by atoms with van der Waals surface area (Å²) in [5.41, 5.74) is 0. The first-order chi connectivity index (χ1) is 11.6. The molecule has 2 aromatic rings. The van der Waals surface area contributed by atoms with Gasteiger partial charge in [0.25, 0.3) is 0 Å². The van der Waals surface area contributed by atoms with Gasteiger partial charge in [0.15, 0.2) is 7.14 Å². The Bertz CT molecular complexity index is 667. The second-order valence-corrected chi connectivity index (χ2v) is 7.85. The molecule has 0 amide bonds. The van der Waals surface area contributed by atoms with Crippen molar-refractivity contribution in [3.05, 3.63) is 72.5 Å². The third-order valence-electron chi connectivity index (χ3n) is 3.63. The molecule has 2 aromatic carbocycles. The fourth-order valence-electron chi connectivity index (χ4n) is 2.36. The molecule has 22 heavy (non-hydrogen) atoms. The molecular formula is C20H25OP. The smallest absolute Gasteiger partial charge is 0.163 e. The van der Waals surface area contributed by atoms with E-state index in [-0.39, 0.29) is 11.8 Å². The van der Waals surface area contributed by atoms with Gasteiger partial charge in [-0.05, 0) is 18.6 Å². The Balaban J connectivity index is 2.42. The molecule has 0 aliphatic carbocycles. The van der Waals surface area contributed by atoms with Crippen molar-refractivity contribution in [1.29, 1.82) is 0 Å². The van der Waals surface area contributed by atoms with Crippen LogP contribution in [0.3, 0.4) is 0 Å². The molecule has 0 unspecified atom stereocenters. The van der Waals surface area contributed by atoms with Gasteiger partial charge in [-0.1, -0.05) is 92.9 Å². The second kappa shape index (κ2) is 8.76. The van der Waals surface area contributed by atoms with E-state index in [9.17, 15) is 4.57 Å². The number of allylic oxidation sites excluding steroid dienone is 1. The minimum Gasteiger partial charge on any atom is -0.309 e. The van der Waals surface area contributed by atoms with Crippen LogP contribution in [-0.2, 0) is 4.57 Å². The third kappa shape index (κ3) is 4.45. The molecule has 0 atom stereocenters. The van der Waals surface area contributed by atoms with Crippen LogP contribution < -0.4 is 10.6 Å². The van der Waals surface area contributed by atoms with Crippen LogP contribution in [0.4, 0.5) is 0 Å². The maximum atomic E-state index is 13.9. The quantitative estimate of drug-likeness (QED) is 0.465. The Morgan fingerprint density at radius 2 is 1.45 bits per heavy atom. The first kappa shape index (κ1) is 14.0. The maximum Gasteiger partial charge on any atom is 0.163 e. The Kier molecular flexibility index (Phi) is 5.58. The Morgan fingerprint density at radius 3 is 1.95 bits per heavy atom. The number of unbranched alkanes of at least 4 members (excludes halogenated alkanes) is 3. The van der Waals surface area contributed by atoms with Crippen LogP contribution in [0, 0.1) is 0 Å². The van der Waals surface area contributed by atoms with Gasteiger partial charge < -0.3 is 4.57 Å². The molecule has 0 aromatic heterocycles. The Labute approximate surface area is 137 Å². The summed E-state index contributed by atoms with van der Waals surface area (Å²) in [5.74, 6) is -0.0311. The molecule has 2 heteroatoms. The van der Waals surface area contributed by atoms with Gasteiger partial charge in [-0.25, -0.2) is 0 Å². The zero-order chi connectivity index (χ0) is 17.4. The average Bonchev–Trinajstić information content (AvgIpc) is 2.65. The van der Waals surface area contributed by atoms with Crippen LogP contribution in [0.15, 0.2) is 72.5 Å². The summed E-state index contributed by atoms with van der Waals surface area (Å²) >= 11 is 0. The van der Waals surface area contributed by atoms with Crippen LogP contribution >= 0.6 is 7.14 Å². The molecular weight excluding hydrogens is 287 g/mol. The monoisotopic (exact) mass is 314 g/mol. The molecule has 1 nitrogen and oxygen atoms in total. The summed E-state index contributed by atoms with van der Waals surface area (Å²) in [4.78, 5) is 0. The summed E-state index contributed by atoms with van der Waals surface area (Å²) in [6, 6.07) is 18.5. The molecule has 0 N–H and O–H groups in total. The maximum absolute atomic E-state index is 13.9. The molecule has 0 aliphatic heterocycles. The normalized spacial score (nSPS) is 14.0. The predicted octanol–water partition coefficient (Wildman–Crippen LogP) is 5.48. The second-order valence-electron chi connectivity index (χ2n) is 5.38. The summed E-state index contributed by atoms with van der Waals surface area (Å²) in [5, 5.41) is 1.25. The molecule has 0 bridgehead atoms. The SMILES string of the molecule is [2H]/C(CCCCCC)=C(\[2H])P(=O)(c1ccccc1)c1ccccc1. The van der Waals surface area contributed by atoms with E-state index in [1.54, 1.807) is 24.3 Å². The molecule has 0 saturated heterocycles. The van der Waals surface area contributed by atoms with Crippen LogP contribution in [0.1, 0.15) is 41.8 Å². The fourth-order valence-corrected chi connectivity index (χ4v) is 4.44. The van der Waals surface area contributed by atoms with E-state index in [1.165, 1.54) is 0 Å². The summed E-state index contributed by atoms with van der Waals surface area (Å²) < 4.78 is 30.7. The highest BCUT2D eigenvalue weighted by molar-refractivity contribution is 7.81. The van der Waals surface area contributed by atoms with Crippen molar-refractivity contribution in [1.82, 2.24) is 0 Å². The third-order valence-corrected chi connectivity index (χ3v) is 6.16. The first-order valence-electron chi connectivity index (χ1n) is 8.99. The fraction of sp³-hybridized carbons (Fsp3) is 0.300. The molecule has 0 radical (unpaired) electrons. The summed E-state index contributed by atoms with van der Waals surface area (Å²) in [6.45, 7) is 2.15. The minimum absolute atomic E-state index is 0.0311. The van der Waals surface area contributed by atoms with Crippen LogP contribution in [0.5, 0.6) is 0 Å². The number of hydrogen-bond acceptors (Lipinski definition) is 1. The topological polar surface area (TPSA) is 17.1 Å². The van der Waals surface area contributed by atoms with E-state index >= 15 is 0 Å². The van der Waals surface area contributed by atoms with E-state index in [0.29, 0.717) is 17.0 Å². The number of hydrogen-bond donors (Lipinski definition) is 0. The predicted molar refractivity (Wildman–Crippen MR) is 97.7 cm³/mol. The van der Waals surface area contributed by atoms with E-state index in [1.807, 2.05) is 36.4 Å². The van der Waals surface area contributed by atoms with Crippen LogP contribution in [0.25, 0.3) is 0 Å². The minimum atomic E-state index is -3.27. The average molecular weight is 314 g/mol. The molecule has 116 valence electrons. The van der Waals surface area contributed by atoms with Crippen molar-refractivity contribution < 1.29 is 7.31 Å². The highest BCUT2D eigenvalue weighted by Gasteiger charge is 2.23. The Hall–Kier alpha value is -1.59. The van der Waals surface area contributed by atoms with Gasteiger partial charge in [0.2, 0.25) is 0 Å². The van der Waals surface area contributed by atoms with Crippen molar-refractivity contribution in [2.24, 2.45) is 0 Å². The van der Waals surface area contributed by atoms with Crippen molar-refractivity contribution in [2.75, 3.05) is 0 Å². The van der Waals surface area contributed by atoms with E-state index < -0.39 is 7.14 Å². The van der Waals surface area contributed by atoms with Crippen molar-refractivity contribution in [3.8, 4) is 0 Å². The van der Waals surface area contributed by atoms with E-state index in [2.05, 4.69) is 6.92 Å². The highest BCUT2D eigenvalue weighted by atomic mass is 31.2. The summed E-state index contributed by atoms with van der Waals surface area (Å²) in [7, 11) is -3.27. The Morgan fingerprint density at radius 1 is 0.909 bits per heavy atom. The molecule has 2 rings (SSSR count). The van der Waals surface area contributed by atoms with Gasteiger partial charge in [-0.2, -0.15) is 0 Å². The van der Waals surface area contributed by atoms with Gasteiger partial charge in [-0.3, -0.25) is 0 Å². The zero-order valence-electron chi connectivity index (χ0n) is 15.2. The van der Waals surface area contributed by atoms with Crippen molar-refractivity contribution >= 4 is 17.8 Å². The van der Waals surface area contributed by atoms with Crippen molar-refractivity contribution in [3.63, 3.8) is 0 Å². The van der Waals surface area contributed by atoms with Gasteiger partial charge in [0, 0.05) is 10.6 Å². The lowest BCUT2D eigenvalue weighted by Crippen LogP contribution is -2.13. The van der Waals surface area contributed by atoms with Crippen LogP contribution in [-0.4, -0.2) is 0 Å². The number of rotatable bonds is 8. The van der Waals surface area contributed by atoms with Gasteiger partial charge >= 0.3 is 0 Å². The molecule has 0 spiro atoms. The van der Waals surface area contributed by atoms with E-state index in [0.717, 1.165) is 25.7 Å². The van der Waals surface area contributed by atoms with E-state index in [4.69, 9.17) is 2.74 Å². The summed E-state index contributed by atoms with van der Waals surface area (Å²) in [6.07, 6.45) is 4.71. The molecule has 0 aliphatic rings. The molecule has 0 heterocycles. The highest BCUT2D eigenvalue weighted by Crippen LogP contribution is 2.45. The standard InChI is InChI=1S/C20H25OP/c1-2-3-4-5-6-13-18-22(21,19-14-9-7-10-15-19)20-16-11-8-12-17-20/h7-18H,2-6H2,1H3/b18-13-/i13D,18D.